The first-order valence-electron chi connectivity index (χ1n) is 5.75. The van der Waals surface area contributed by atoms with Crippen LogP contribution < -0.4 is 0 Å². The van der Waals surface area contributed by atoms with E-state index in [0.717, 1.165) is 19.0 Å². The van der Waals surface area contributed by atoms with Gasteiger partial charge in [-0.25, -0.2) is 0 Å². The maximum atomic E-state index is 9.62. The lowest BCUT2D eigenvalue weighted by atomic mass is 10.1. The van der Waals surface area contributed by atoms with Gasteiger partial charge >= 0.3 is 0 Å². The second-order valence-corrected chi connectivity index (χ2v) is 4.59. The van der Waals surface area contributed by atoms with Crippen LogP contribution in [0.5, 0.6) is 0 Å². The van der Waals surface area contributed by atoms with Crippen molar-refractivity contribution in [3.05, 3.63) is 0 Å². The minimum atomic E-state index is -0.0504. The lowest BCUT2D eigenvalue weighted by molar-refractivity contribution is 0.147. The molecule has 0 amide bonds. The highest BCUT2D eigenvalue weighted by atomic mass is 16.3. The molecule has 13 heavy (non-hydrogen) atoms. The van der Waals surface area contributed by atoms with Gasteiger partial charge in [-0.2, -0.15) is 0 Å². The topological polar surface area (TPSA) is 23.5 Å². The van der Waals surface area contributed by atoms with Gasteiger partial charge in [0.1, 0.15) is 0 Å². The number of β-amino-alcohol motifs (C(OH)–C–C–N with tert-alkyl or cyclic N) is 1. The zero-order valence-electron chi connectivity index (χ0n) is 8.58. The molecule has 0 aromatic rings. The van der Waals surface area contributed by atoms with Crippen molar-refractivity contribution in [2.24, 2.45) is 0 Å². The second-order valence-electron chi connectivity index (χ2n) is 4.59. The summed E-state index contributed by atoms with van der Waals surface area (Å²) in [5.74, 6) is 0. The summed E-state index contributed by atoms with van der Waals surface area (Å²) in [5.41, 5.74) is 0. The fourth-order valence-corrected chi connectivity index (χ4v) is 3.00. The van der Waals surface area contributed by atoms with E-state index in [1.807, 2.05) is 0 Å². The van der Waals surface area contributed by atoms with E-state index in [0.29, 0.717) is 6.04 Å². The SMILES string of the molecule is CCC1C[C@@H](O)CN1C1CCCC1. The van der Waals surface area contributed by atoms with Gasteiger partial charge in [-0.3, -0.25) is 4.90 Å². The van der Waals surface area contributed by atoms with Crippen LogP contribution in [0.15, 0.2) is 0 Å². The Kier molecular flexibility index (Phi) is 2.89. The van der Waals surface area contributed by atoms with E-state index in [9.17, 15) is 5.11 Å². The van der Waals surface area contributed by atoms with Crippen molar-refractivity contribution < 1.29 is 5.11 Å². The van der Waals surface area contributed by atoms with E-state index in [1.54, 1.807) is 0 Å². The monoisotopic (exact) mass is 183 g/mol. The summed E-state index contributed by atoms with van der Waals surface area (Å²) in [4.78, 5) is 2.57. The van der Waals surface area contributed by atoms with E-state index in [1.165, 1.54) is 32.1 Å². The minimum absolute atomic E-state index is 0.0504. The number of likely N-dealkylation sites (tertiary alicyclic amines) is 1. The molecule has 0 bridgehead atoms. The van der Waals surface area contributed by atoms with Crippen LogP contribution in [-0.4, -0.2) is 34.7 Å². The number of aliphatic hydroxyl groups is 1. The zero-order valence-corrected chi connectivity index (χ0v) is 8.58. The van der Waals surface area contributed by atoms with Crippen LogP contribution in [0.3, 0.4) is 0 Å². The second kappa shape index (κ2) is 3.97. The van der Waals surface area contributed by atoms with Crippen LogP contribution in [0.2, 0.25) is 0 Å². The van der Waals surface area contributed by atoms with Crippen molar-refractivity contribution in [3.8, 4) is 0 Å². The van der Waals surface area contributed by atoms with Crippen LogP contribution in [0.4, 0.5) is 0 Å². The van der Waals surface area contributed by atoms with Gasteiger partial charge in [0.15, 0.2) is 0 Å². The first-order chi connectivity index (χ1) is 6.31. The molecule has 76 valence electrons. The Morgan fingerprint density at radius 2 is 2.00 bits per heavy atom. The van der Waals surface area contributed by atoms with Gasteiger partial charge in [0, 0.05) is 18.6 Å². The summed E-state index contributed by atoms with van der Waals surface area (Å²) in [6.45, 7) is 3.17. The molecule has 2 atom stereocenters. The van der Waals surface area contributed by atoms with Gasteiger partial charge < -0.3 is 5.11 Å². The maximum Gasteiger partial charge on any atom is 0.0682 e. The molecule has 1 aliphatic heterocycles. The molecule has 1 saturated heterocycles. The molecule has 0 aromatic heterocycles. The molecule has 0 aromatic carbocycles. The van der Waals surface area contributed by atoms with Gasteiger partial charge in [-0.1, -0.05) is 19.8 Å². The average molecular weight is 183 g/mol. The normalized spacial score (nSPS) is 37.4. The number of nitrogens with zero attached hydrogens (tertiary/aromatic N) is 1. The van der Waals surface area contributed by atoms with Gasteiger partial charge in [0.05, 0.1) is 6.10 Å². The van der Waals surface area contributed by atoms with Crippen LogP contribution in [0.25, 0.3) is 0 Å². The summed E-state index contributed by atoms with van der Waals surface area (Å²) in [6, 6.07) is 1.46. The summed E-state index contributed by atoms with van der Waals surface area (Å²) >= 11 is 0. The van der Waals surface area contributed by atoms with Gasteiger partial charge in [-0.05, 0) is 25.7 Å². The molecule has 0 spiro atoms. The van der Waals surface area contributed by atoms with Crippen LogP contribution in [0.1, 0.15) is 45.4 Å². The van der Waals surface area contributed by atoms with Crippen molar-refractivity contribution in [1.29, 1.82) is 0 Å². The summed E-state index contributed by atoms with van der Waals surface area (Å²) in [6.07, 6.45) is 7.68. The van der Waals surface area contributed by atoms with E-state index in [4.69, 9.17) is 0 Å². The first-order valence-corrected chi connectivity index (χ1v) is 5.75. The van der Waals surface area contributed by atoms with Crippen LogP contribution in [0, 0.1) is 0 Å². The Bertz CT molecular complexity index is 163. The molecular weight excluding hydrogens is 162 g/mol. The molecular formula is C11H21NO. The van der Waals surface area contributed by atoms with Crippen molar-refractivity contribution in [3.63, 3.8) is 0 Å². The van der Waals surface area contributed by atoms with E-state index < -0.39 is 0 Å². The zero-order chi connectivity index (χ0) is 9.26. The highest BCUT2D eigenvalue weighted by Crippen LogP contribution is 2.31. The fourth-order valence-electron chi connectivity index (χ4n) is 3.00. The summed E-state index contributed by atoms with van der Waals surface area (Å²) in [7, 11) is 0. The Labute approximate surface area is 80.9 Å². The van der Waals surface area contributed by atoms with Crippen LogP contribution in [-0.2, 0) is 0 Å². The summed E-state index contributed by atoms with van der Waals surface area (Å²) in [5, 5.41) is 9.62. The first kappa shape index (κ1) is 9.47. The summed E-state index contributed by atoms with van der Waals surface area (Å²) < 4.78 is 0. The largest absolute Gasteiger partial charge is 0.392 e. The molecule has 1 N–H and O–H groups in total. The van der Waals surface area contributed by atoms with Gasteiger partial charge in [0.2, 0.25) is 0 Å². The predicted octanol–water partition coefficient (Wildman–Crippen LogP) is 1.77. The lowest BCUT2D eigenvalue weighted by Gasteiger charge is -2.29. The van der Waals surface area contributed by atoms with Crippen molar-refractivity contribution in [2.75, 3.05) is 6.54 Å². The Morgan fingerprint density at radius 3 is 2.62 bits per heavy atom. The van der Waals surface area contributed by atoms with Crippen LogP contribution >= 0.6 is 0 Å². The van der Waals surface area contributed by atoms with E-state index >= 15 is 0 Å². The highest BCUT2D eigenvalue weighted by Gasteiger charge is 2.35. The molecule has 2 aliphatic rings. The standard InChI is InChI=1S/C11H21NO/c1-2-9-7-11(13)8-12(9)10-5-3-4-6-10/h9-11,13H,2-8H2,1H3/t9?,11-/m1/s1. The van der Waals surface area contributed by atoms with Gasteiger partial charge in [0.25, 0.3) is 0 Å². The number of aliphatic hydroxyl groups excluding tert-OH is 1. The molecule has 2 fully saturated rings. The molecule has 1 heterocycles. The average Bonchev–Trinajstić information content (AvgIpc) is 2.71. The fraction of sp³-hybridized carbons (Fsp3) is 1.00. The Balaban J connectivity index is 1.96. The smallest absolute Gasteiger partial charge is 0.0682 e. The molecule has 2 rings (SSSR count). The Hall–Kier alpha value is -0.0800. The number of hydrogen-bond acceptors (Lipinski definition) is 2. The van der Waals surface area contributed by atoms with Gasteiger partial charge in [-0.15, -0.1) is 0 Å². The van der Waals surface area contributed by atoms with E-state index in [-0.39, 0.29) is 6.10 Å². The molecule has 1 aliphatic carbocycles. The Morgan fingerprint density at radius 1 is 1.31 bits per heavy atom. The highest BCUT2D eigenvalue weighted by molar-refractivity contribution is 4.90. The molecule has 0 radical (unpaired) electrons. The maximum absolute atomic E-state index is 9.62. The van der Waals surface area contributed by atoms with E-state index in [2.05, 4.69) is 11.8 Å². The van der Waals surface area contributed by atoms with Crippen molar-refractivity contribution in [2.45, 2.75) is 63.6 Å². The third-order valence-electron chi connectivity index (χ3n) is 3.70. The molecule has 1 unspecified atom stereocenters. The predicted molar refractivity (Wildman–Crippen MR) is 53.7 cm³/mol. The number of hydrogen-bond donors (Lipinski definition) is 1. The molecule has 2 nitrogen and oxygen atoms in total. The quantitative estimate of drug-likeness (QED) is 0.705. The minimum Gasteiger partial charge on any atom is -0.392 e. The lowest BCUT2D eigenvalue weighted by Crippen LogP contribution is -2.37. The molecule has 1 saturated carbocycles. The number of rotatable bonds is 2. The third kappa shape index (κ3) is 1.89. The third-order valence-corrected chi connectivity index (χ3v) is 3.70. The van der Waals surface area contributed by atoms with Crippen molar-refractivity contribution >= 4 is 0 Å². The van der Waals surface area contributed by atoms with Crippen molar-refractivity contribution in [1.82, 2.24) is 4.90 Å². The molecule has 2 heteroatoms.